The van der Waals surface area contributed by atoms with E-state index in [0.29, 0.717) is 18.3 Å². The molecule has 0 amide bonds. The van der Waals surface area contributed by atoms with E-state index in [1.165, 1.54) is 12.1 Å². The van der Waals surface area contributed by atoms with E-state index in [1.807, 2.05) is 6.07 Å². The SMILES string of the molecule is COc1ccc(O)c(CN2CCC[C@@H](Nc3ccc(F)cc3)C2)c1. The summed E-state index contributed by atoms with van der Waals surface area (Å²) in [5.41, 5.74) is 1.81. The van der Waals surface area contributed by atoms with Crippen molar-refractivity contribution >= 4 is 5.69 Å². The first-order chi connectivity index (χ1) is 11.6. The van der Waals surface area contributed by atoms with E-state index in [4.69, 9.17) is 4.74 Å². The van der Waals surface area contributed by atoms with Crippen LogP contribution in [0.2, 0.25) is 0 Å². The first-order valence-electron chi connectivity index (χ1n) is 8.24. The number of hydrogen-bond donors (Lipinski definition) is 2. The Morgan fingerprint density at radius 3 is 2.79 bits per heavy atom. The number of anilines is 1. The molecular formula is C19H23FN2O2. The summed E-state index contributed by atoms with van der Waals surface area (Å²) in [5.74, 6) is 0.824. The van der Waals surface area contributed by atoms with E-state index in [1.54, 1.807) is 31.4 Å². The zero-order valence-corrected chi connectivity index (χ0v) is 13.8. The minimum atomic E-state index is -0.223. The third-order valence-corrected chi connectivity index (χ3v) is 4.40. The first kappa shape index (κ1) is 16.6. The van der Waals surface area contributed by atoms with Crippen LogP contribution in [0.4, 0.5) is 10.1 Å². The highest BCUT2D eigenvalue weighted by atomic mass is 19.1. The molecule has 3 rings (SSSR count). The molecule has 1 saturated heterocycles. The minimum absolute atomic E-state index is 0.223. The van der Waals surface area contributed by atoms with Gasteiger partial charge in [0.25, 0.3) is 0 Å². The van der Waals surface area contributed by atoms with Gasteiger partial charge in [-0.15, -0.1) is 0 Å². The Balaban J connectivity index is 1.62. The van der Waals surface area contributed by atoms with Crippen molar-refractivity contribution in [3.8, 4) is 11.5 Å². The quantitative estimate of drug-likeness (QED) is 0.879. The summed E-state index contributed by atoms with van der Waals surface area (Å²) >= 11 is 0. The lowest BCUT2D eigenvalue weighted by Crippen LogP contribution is -2.41. The van der Waals surface area contributed by atoms with Gasteiger partial charge in [0.05, 0.1) is 7.11 Å². The zero-order chi connectivity index (χ0) is 16.9. The van der Waals surface area contributed by atoms with Crippen molar-refractivity contribution < 1.29 is 14.2 Å². The number of methoxy groups -OCH3 is 1. The largest absolute Gasteiger partial charge is 0.508 e. The van der Waals surface area contributed by atoms with Gasteiger partial charge in [0.2, 0.25) is 0 Å². The van der Waals surface area contributed by atoms with Gasteiger partial charge in [0.15, 0.2) is 0 Å². The summed E-state index contributed by atoms with van der Waals surface area (Å²) in [4.78, 5) is 2.32. The third-order valence-electron chi connectivity index (χ3n) is 4.40. The van der Waals surface area contributed by atoms with E-state index in [9.17, 15) is 9.50 Å². The first-order valence-corrected chi connectivity index (χ1v) is 8.24. The predicted octanol–water partition coefficient (Wildman–Crippen LogP) is 3.62. The van der Waals surface area contributed by atoms with E-state index in [0.717, 1.165) is 42.9 Å². The highest BCUT2D eigenvalue weighted by molar-refractivity contribution is 5.44. The number of nitrogens with one attached hydrogen (secondary N) is 1. The fraction of sp³-hybridized carbons (Fsp3) is 0.368. The molecule has 0 aromatic heterocycles. The van der Waals surface area contributed by atoms with E-state index in [2.05, 4.69) is 10.2 Å². The number of likely N-dealkylation sites (tertiary alicyclic amines) is 1. The number of ether oxygens (including phenoxy) is 1. The van der Waals surface area contributed by atoms with Crippen LogP contribution in [0.1, 0.15) is 18.4 Å². The molecule has 24 heavy (non-hydrogen) atoms. The molecule has 2 aromatic carbocycles. The van der Waals surface area contributed by atoms with Gasteiger partial charge < -0.3 is 15.2 Å². The molecule has 2 N–H and O–H groups in total. The van der Waals surface area contributed by atoms with Gasteiger partial charge >= 0.3 is 0 Å². The Morgan fingerprint density at radius 2 is 2.04 bits per heavy atom. The maximum Gasteiger partial charge on any atom is 0.123 e. The standard InChI is InChI=1S/C19H23FN2O2/c1-24-18-8-9-19(23)14(11-18)12-22-10-2-3-17(13-22)21-16-6-4-15(20)5-7-16/h4-9,11,17,21,23H,2-3,10,12-13H2,1H3/t17-/m1/s1. The van der Waals surface area contributed by atoms with Crippen LogP contribution < -0.4 is 10.1 Å². The number of piperidine rings is 1. The van der Waals surface area contributed by atoms with Crippen LogP contribution >= 0.6 is 0 Å². The monoisotopic (exact) mass is 330 g/mol. The molecule has 0 unspecified atom stereocenters. The topological polar surface area (TPSA) is 44.7 Å². The van der Waals surface area contributed by atoms with Gasteiger partial charge in [-0.05, 0) is 61.9 Å². The van der Waals surface area contributed by atoms with Crippen molar-refractivity contribution in [3.05, 3.63) is 53.8 Å². The van der Waals surface area contributed by atoms with Gasteiger partial charge in [-0.2, -0.15) is 0 Å². The summed E-state index contributed by atoms with van der Waals surface area (Å²) in [7, 11) is 1.62. The minimum Gasteiger partial charge on any atom is -0.508 e. The second kappa shape index (κ2) is 7.53. The van der Waals surface area contributed by atoms with Crippen LogP contribution in [0, 0.1) is 5.82 Å². The lowest BCUT2D eigenvalue weighted by atomic mass is 10.0. The Bertz CT molecular complexity index is 676. The Morgan fingerprint density at radius 1 is 1.25 bits per heavy atom. The summed E-state index contributed by atoms with van der Waals surface area (Å²) in [6.07, 6.45) is 2.17. The van der Waals surface area contributed by atoms with Crippen molar-refractivity contribution in [2.75, 3.05) is 25.5 Å². The van der Waals surface area contributed by atoms with Crippen LogP contribution in [0.3, 0.4) is 0 Å². The van der Waals surface area contributed by atoms with E-state index < -0.39 is 0 Å². The van der Waals surface area contributed by atoms with Crippen LogP contribution in [0.5, 0.6) is 11.5 Å². The Kier molecular flexibility index (Phi) is 5.20. The molecule has 0 aliphatic carbocycles. The fourth-order valence-electron chi connectivity index (χ4n) is 3.16. The Hall–Kier alpha value is -2.27. The number of halogens is 1. The molecule has 1 aliphatic heterocycles. The lowest BCUT2D eigenvalue weighted by molar-refractivity contribution is 0.206. The summed E-state index contributed by atoms with van der Waals surface area (Å²) in [5, 5.41) is 13.5. The van der Waals surface area contributed by atoms with Crippen LogP contribution in [0.15, 0.2) is 42.5 Å². The molecule has 0 bridgehead atoms. The Labute approximate surface area is 141 Å². The normalized spacial score (nSPS) is 18.3. The van der Waals surface area contributed by atoms with Gasteiger partial charge in [0, 0.05) is 30.4 Å². The molecule has 1 aliphatic rings. The van der Waals surface area contributed by atoms with Gasteiger partial charge in [-0.25, -0.2) is 4.39 Å². The lowest BCUT2D eigenvalue weighted by Gasteiger charge is -2.33. The van der Waals surface area contributed by atoms with Crippen LogP contribution in [0.25, 0.3) is 0 Å². The smallest absolute Gasteiger partial charge is 0.123 e. The van der Waals surface area contributed by atoms with Gasteiger partial charge in [-0.1, -0.05) is 0 Å². The molecule has 128 valence electrons. The number of hydrogen-bond acceptors (Lipinski definition) is 4. The number of benzene rings is 2. The molecular weight excluding hydrogens is 307 g/mol. The second-order valence-corrected chi connectivity index (χ2v) is 6.22. The highest BCUT2D eigenvalue weighted by Gasteiger charge is 2.20. The average molecular weight is 330 g/mol. The van der Waals surface area contributed by atoms with E-state index in [-0.39, 0.29) is 5.82 Å². The molecule has 1 fully saturated rings. The summed E-state index contributed by atoms with van der Waals surface area (Å²) < 4.78 is 18.2. The average Bonchev–Trinajstić information content (AvgIpc) is 2.59. The second-order valence-electron chi connectivity index (χ2n) is 6.22. The molecule has 0 saturated carbocycles. The van der Waals surface area contributed by atoms with Crippen LogP contribution in [-0.4, -0.2) is 36.2 Å². The molecule has 4 nitrogen and oxygen atoms in total. The van der Waals surface area contributed by atoms with Crippen molar-refractivity contribution in [1.29, 1.82) is 0 Å². The highest BCUT2D eigenvalue weighted by Crippen LogP contribution is 2.26. The molecule has 0 radical (unpaired) electrons. The maximum atomic E-state index is 13.0. The molecule has 5 heteroatoms. The number of nitrogens with zero attached hydrogens (tertiary/aromatic N) is 1. The fourth-order valence-corrected chi connectivity index (χ4v) is 3.16. The van der Waals surface area contributed by atoms with E-state index >= 15 is 0 Å². The zero-order valence-electron chi connectivity index (χ0n) is 13.8. The molecule has 0 spiro atoms. The number of aromatic hydroxyl groups is 1. The summed E-state index contributed by atoms with van der Waals surface area (Å²) in [6.45, 7) is 2.57. The molecule has 1 heterocycles. The number of phenolic OH excluding ortho intramolecular Hbond substituents is 1. The predicted molar refractivity (Wildman–Crippen MR) is 93.0 cm³/mol. The third kappa shape index (κ3) is 4.17. The van der Waals surface area contributed by atoms with Crippen molar-refractivity contribution in [2.24, 2.45) is 0 Å². The van der Waals surface area contributed by atoms with Gasteiger partial charge in [-0.3, -0.25) is 4.90 Å². The molecule has 1 atom stereocenters. The summed E-state index contributed by atoms with van der Waals surface area (Å²) in [6, 6.07) is 12.1. The van der Waals surface area contributed by atoms with Crippen molar-refractivity contribution in [2.45, 2.75) is 25.4 Å². The van der Waals surface area contributed by atoms with Crippen molar-refractivity contribution in [1.82, 2.24) is 4.90 Å². The van der Waals surface area contributed by atoms with Gasteiger partial charge in [0.1, 0.15) is 17.3 Å². The van der Waals surface area contributed by atoms with Crippen LogP contribution in [-0.2, 0) is 6.54 Å². The van der Waals surface area contributed by atoms with Crippen molar-refractivity contribution in [3.63, 3.8) is 0 Å². The molecule has 2 aromatic rings. The maximum absolute atomic E-state index is 13.0. The number of phenols is 1. The number of rotatable bonds is 5.